The average molecular weight is 344 g/mol. The van der Waals surface area contributed by atoms with E-state index in [0.29, 0.717) is 8.58 Å². The SMILES string of the molecule is COc1cccc(C(C)(C)Pc2c(C)cccc2C(C)=O)c1OC. The fourth-order valence-corrected chi connectivity index (χ4v) is 4.52. The van der Waals surface area contributed by atoms with Crippen molar-refractivity contribution < 1.29 is 14.3 Å². The van der Waals surface area contributed by atoms with E-state index in [4.69, 9.17) is 9.47 Å². The number of carbonyl (C=O) groups is 1. The monoisotopic (exact) mass is 344 g/mol. The molecule has 1 atom stereocenters. The van der Waals surface area contributed by atoms with Gasteiger partial charge in [0.2, 0.25) is 0 Å². The third-order valence-corrected chi connectivity index (χ3v) is 5.97. The van der Waals surface area contributed by atoms with Crippen molar-refractivity contribution in [2.45, 2.75) is 32.9 Å². The van der Waals surface area contributed by atoms with Gasteiger partial charge in [0.05, 0.1) is 14.2 Å². The first kappa shape index (κ1) is 18.5. The summed E-state index contributed by atoms with van der Waals surface area (Å²) in [7, 11) is 3.75. The van der Waals surface area contributed by atoms with Crippen LogP contribution >= 0.6 is 8.58 Å². The summed E-state index contributed by atoms with van der Waals surface area (Å²) in [6, 6.07) is 11.9. The van der Waals surface area contributed by atoms with Crippen LogP contribution < -0.4 is 14.8 Å². The van der Waals surface area contributed by atoms with E-state index >= 15 is 0 Å². The van der Waals surface area contributed by atoms with Crippen LogP contribution in [0.2, 0.25) is 0 Å². The van der Waals surface area contributed by atoms with Crippen molar-refractivity contribution in [3.8, 4) is 11.5 Å². The van der Waals surface area contributed by atoms with Gasteiger partial charge < -0.3 is 9.47 Å². The lowest BCUT2D eigenvalue weighted by atomic mass is 10.0. The molecule has 1 unspecified atom stereocenters. The van der Waals surface area contributed by atoms with Gasteiger partial charge in [-0.3, -0.25) is 4.79 Å². The number of hydrogen-bond donors (Lipinski definition) is 0. The first-order valence-corrected chi connectivity index (χ1v) is 8.92. The van der Waals surface area contributed by atoms with Crippen LogP contribution in [0.3, 0.4) is 0 Å². The summed E-state index contributed by atoms with van der Waals surface area (Å²) in [5, 5.41) is 0.941. The van der Waals surface area contributed by atoms with Gasteiger partial charge in [-0.25, -0.2) is 0 Å². The average Bonchev–Trinajstić information content (AvgIpc) is 2.55. The molecule has 0 saturated heterocycles. The molecular weight excluding hydrogens is 319 g/mol. The summed E-state index contributed by atoms with van der Waals surface area (Å²) < 4.78 is 11.0. The second-order valence-electron chi connectivity index (χ2n) is 6.34. The summed E-state index contributed by atoms with van der Waals surface area (Å²) in [5.74, 6) is 1.59. The van der Waals surface area contributed by atoms with Crippen molar-refractivity contribution in [3.63, 3.8) is 0 Å². The van der Waals surface area contributed by atoms with Gasteiger partial charge in [-0.1, -0.05) is 52.8 Å². The summed E-state index contributed by atoms with van der Waals surface area (Å²) in [4.78, 5) is 12.0. The molecule has 0 saturated carbocycles. The molecule has 24 heavy (non-hydrogen) atoms. The Bertz CT molecular complexity index is 751. The molecule has 0 bridgehead atoms. The lowest BCUT2D eigenvalue weighted by Gasteiger charge is -2.29. The number of benzene rings is 2. The molecule has 0 aliphatic rings. The molecule has 2 aromatic carbocycles. The predicted octanol–water partition coefficient (Wildman–Crippen LogP) is 4.45. The minimum absolute atomic E-state index is 0.106. The minimum Gasteiger partial charge on any atom is -0.493 e. The largest absolute Gasteiger partial charge is 0.493 e. The van der Waals surface area contributed by atoms with Gasteiger partial charge in [-0.05, 0) is 30.8 Å². The van der Waals surface area contributed by atoms with Gasteiger partial charge in [0.25, 0.3) is 0 Å². The highest BCUT2D eigenvalue weighted by Gasteiger charge is 2.28. The molecule has 0 radical (unpaired) electrons. The molecule has 0 fully saturated rings. The highest BCUT2D eigenvalue weighted by molar-refractivity contribution is 7.48. The van der Waals surface area contributed by atoms with Gasteiger partial charge >= 0.3 is 0 Å². The number of carbonyl (C=O) groups excluding carboxylic acids is 1. The third-order valence-electron chi connectivity index (χ3n) is 4.17. The first-order chi connectivity index (χ1) is 11.3. The molecule has 0 aromatic heterocycles. The van der Waals surface area contributed by atoms with E-state index in [-0.39, 0.29) is 10.9 Å². The van der Waals surface area contributed by atoms with Gasteiger partial charge in [-0.15, -0.1) is 0 Å². The molecule has 0 N–H and O–H groups in total. The number of methoxy groups -OCH3 is 2. The Morgan fingerprint density at radius 3 is 2.29 bits per heavy atom. The molecule has 2 rings (SSSR count). The summed E-state index contributed by atoms with van der Waals surface area (Å²) in [5.41, 5.74) is 3.04. The third kappa shape index (κ3) is 3.62. The smallest absolute Gasteiger partial charge is 0.164 e. The zero-order valence-electron chi connectivity index (χ0n) is 15.2. The van der Waals surface area contributed by atoms with Crippen LogP contribution in [-0.4, -0.2) is 20.0 Å². The van der Waals surface area contributed by atoms with Gasteiger partial charge in [0, 0.05) is 16.3 Å². The standard InChI is InChI=1S/C20H25O3P/c1-13-9-7-10-15(14(2)21)19(13)24-20(3,4)16-11-8-12-17(22-5)18(16)23-6/h7-12,24H,1-6H3. The molecule has 0 spiro atoms. The van der Waals surface area contributed by atoms with Gasteiger partial charge in [0.15, 0.2) is 17.3 Å². The summed E-state index contributed by atoms with van der Waals surface area (Å²) >= 11 is 0. The Morgan fingerprint density at radius 2 is 1.71 bits per heavy atom. The van der Waals surface area contributed by atoms with E-state index < -0.39 is 0 Å². The molecular formula is C20H25O3P. The van der Waals surface area contributed by atoms with E-state index in [2.05, 4.69) is 32.9 Å². The topological polar surface area (TPSA) is 35.5 Å². The Morgan fingerprint density at radius 1 is 1.04 bits per heavy atom. The first-order valence-electron chi connectivity index (χ1n) is 7.92. The molecule has 0 heterocycles. The van der Waals surface area contributed by atoms with Crippen LogP contribution in [0, 0.1) is 6.92 Å². The van der Waals surface area contributed by atoms with Crippen molar-refractivity contribution in [1.29, 1.82) is 0 Å². The van der Waals surface area contributed by atoms with E-state index in [9.17, 15) is 4.79 Å². The highest BCUT2D eigenvalue weighted by Crippen LogP contribution is 2.47. The number of hydrogen-bond acceptors (Lipinski definition) is 3. The Hall–Kier alpha value is -1.86. The molecule has 0 aliphatic heterocycles. The second-order valence-corrected chi connectivity index (χ2v) is 8.34. The number of Topliss-reactive ketones (excluding diaryl/α,β-unsaturated/α-hetero) is 1. The van der Waals surface area contributed by atoms with Crippen LogP contribution in [0.25, 0.3) is 0 Å². The van der Waals surface area contributed by atoms with Crippen molar-refractivity contribution in [2.75, 3.05) is 14.2 Å². The quantitative estimate of drug-likeness (QED) is 0.573. The van der Waals surface area contributed by atoms with Crippen molar-refractivity contribution in [1.82, 2.24) is 0 Å². The molecule has 2 aromatic rings. The number of rotatable bonds is 6. The van der Waals surface area contributed by atoms with E-state index in [1.54, 1.807) is 21.1 Å². The molecule has 4 heteroatoms. The fraction of sp³-hybridized carbons (Fsp3) is 0.350. The summed E-state index contributed by atoms with van der Waals surface area (Å²) in [6.07, 6.45) is 0. The highest BCUT2D eigenvalue weighted by atomic mass is 31.1. The van der Waals surface area contributed by atoms with Crippen molar-refractivity contribution in [3.05, 3.63) is 53.1 Å². The van der Waals surface area contributed by atoms with Crippen LogP contribution in [0.15, 0.2) is 36.4 Å². The molecule has 0 amide bonds. The molecule has 3 nitrogen and oxygen atoms in total. The minimum atomic E-state index is -0.184. The zero-order chi connectivity index (χ0) is 17.9. The van der Waals surface area contributed by atoms with E-state index in [0.717, 1.165) is 33.5 Å². The van der Waals surface area contributed by atoms with Crippen molar-refractivity contribution >= 4 is 19.7 Å². The second kappa shape index (κ2) is 7.36. The maximum absolute atomic E-state index is 12.0. The van der Waals surface area contributed by atoms with Crippen LogP contribution in [0.1, 0.15) is 42.3 Å². The number of ketones is 1. The number of para-hydroxylation sites is 1. The van der Waals surface area contributed by atoms with Crippen LogP contribution in [0.5, 0.6) is 11.5 Å². The number of aryl methyl sites for hydroxylation is 1. The predicted molar refractivity (Wildman–Crippen MR) is 102 cm³/mol. The maximum Gasteiger partial charge on any atom is 0.164 e. The van der Waals surface area contributed by atoms with Gasteiger partial charge in [-0.2, -0.15) is 0 Å². The zero-order valence-corrected chi connectivity index (χ0v) is 16.2. The Labute approximate surface area is 146 Å². The van der Waals surface area contributed by atoms with Gasteiger partial charge in [0.1, 0.15) is 0 Å². The molecule has 0 aliphatic carbocycles. The lowest BCUT2D eigenvalue weighted by molar-refractivity contribution is 0.101. The lowest BCUT2D eigenvalue weighted by Crippen LogP contribution is -2.21. The molecule has 128 valence electrons. The normalized spacial score (nSPS) is 11.8. The fourth-order valence-electron chi connectivity index (χ4n) is 2.89. The van der Waals surface area contributed by atoms with Crippen LogP contribution in [0.4, 0.5) is 0 Å². The number of ether oxygens (including phenoxy) is 2. The summed E-state index contributed by atoms with van der Waals surface area (Å²) in [6.45, 7) is 8.05. The van der Waals surface area contributed by atoms with E-state index in [1.165, 1.54) is 0 Å². The maximum atomic E-state index is 12.0. The Balaban J connectivity index is 2.53. The Kier molecular flexibility index (Phi) is 5.66. The van der Waals surface area contributed by atoms with Crippen LogP contribution in [-0.2, 0) is 5.16 Å². The van der Waals surface area contributed by atoms with Crippen molar-refractivity contribution in [2.24, 2.45) is 0 Å². The van der Waals surface area contributed by atoms with E-state index in [1.807, 2.05) is 24.3 Å².